The Morgan fingerprint density at radius 3 is 2.42 bits per heavy atom. The predicted molar refractivity (Wildman–Crippen MR) is 95.7 cm³/mol. The molecule has 0 saturated heterocycles. The smallest absolute Gasteiger partial charge is 0.411 e. The lowest BCUT2D eigenvalue weighted by atomic mass is 9.99. The minimum atomic E-state index is -1.03. The second-order valence-corrected chi connectivity index (χ2v) is 5.92. The van der Waals surface area contributed by atoms with Gasteiger partial charge in [-0.2, -0.15) is 0 Å². The second-order valence-electron chi connectivity index (χ2n) is 5.92. The largest absolute Gasteiger partial charge is 0.478 e. The fraction of sp³-hybridized carbons (Fsp3) is 0.579. The topological polar surface area (TPSA) is 75.6 Å². The van der Waals surface area contributed by atoms with E-state index >= 15 is 0 Å². The molecule has 0 heterocycles. The number of nitrogens with one attached hydrogen (secondary N) is 1. The Morgan fingerprint density at radius 1 is 1.04 bits per heavy atom. The van der Waals surface area contributed by atoms with Crippen molar-refractivity contribution in [3.63, 3.8) is 0 Å². The SMILES string of the molecule is CCCCCCc1cccc(NC(=O)OCCCCC)c1C(=O)O. The molecule has 0 atom stereocenters. The number of amides is 1. The lowest BCUT2D eigenvalue weighted by Gasteiger charge is -2.13. The molecule has 0 spiro atoms. The molecule has 0 aliphatic heterocycles. The molecule has 0 unspecified atom stereocenters. The van der Waals surface area contributed by atoms with E-state index in [4.69, 9.17) is 4.74 Å². The summed E-state index contributed by atoms with van der Waals surface area (Å²) in [5, 5.41) is 12.1. The van der Waals surface area contributed by atoms with Crippen LogP contribution in [0.5, 0.6) is 0 Å². The summed E-state index contributed by atoms with van der Waals surface area (Å²) in [5.74, 6) is -1.03. The number of aryl methyl sites for hydroxylation is 1. The zero-order chi connectivity index (χ0) is 17.8. The maximum absolute atomic E-state index is 11.8. The van der Waals surface area contributed by atoms with Gasteiger partial charge in [0.25, 0.3) is 0 Å². The number of carbonyl (C=O) groups is 2. The van der Waals surface area contributed by atoms with Crippen LogP contribution in [0, 0.1) is 0 Å². The number of hydrogen-bond acceptors (Lipinski definition) is 3. The van der Waals surface area contributed by atoms with Gasteiger partial charge in [-0.1, -0.05) is 58.1 Å². The standard InChI is InChI=1S/C19H29NO4/c1-3-5-7-8-11-15-12-10-13-16(17(15)18(21)22)20-19(23)24-14-9-6-4-2/h10,12-13H,3-9,11,14H2,1-2H3,(H,20,23)(H,21,22). The van der Waals surface area contributed by atoms with Gasteiger partial charge in [0.05, 0.1) is 17.9 Å². The van der Waals surface area contributed by atoms with Crippen molar-refractivity contribution in [1.82, 2.24) is 0 Å². The number of carbonyl (C=O) groups excluding carboxylic acids is 1. The number of carboxylic acid groups (broad SMARTS) is 1. The van der Waals surface area contributed by atoms with Crippen molar-refractivity contribution >= 4 is 17.7 Å². The van der Waals surface area contributed by atoms with E-state index in [0.29, 0.717) is 18.7 Å². The Balaban J connectivity index is 2.71. The van der Waals surface area contributed by atoms with Crippen molar-refractivity contribution in [2.45, 2.75) is 65.2 Å². The quantitative estimate of drug-likeness (QED) is 0.542. The predicted octanol–water partition coefficient (Wildman–Crippen LogP) is 5.25. The maximum atomic E-state index is 11.8. The van der Waals surface area contributed by atoms with Gasteiger partial charge >= 0.3 is 12.1 Å². The number of hydrogen-bond donors (Lipinski definition) is 2. The lowest BCUT2D eigenvalue weighted by Crippen LogP contribution is -2.17. The van der Waals surface area contributed by atoms with Crippen LogP contribution in [0.4, 0.5) is 10.5 Å². The van der Waals surface area contributed by atoms with Crippen LogP contribution in [0.25, 0.3) is 0 Å². The first kappa shape index (κ1) is 20.0. The molecule has 0 bridgehead atoms. The van der Waals surface area contributed by atoms with Crippen molar-refractivity contribution in [3.05, 3.63) is 29.3 Å². The molecule has 2 N–H and O–H groups in total. The molecule has 134 valence electrons. The molecule has 1 rings (SSSR count). The molecular formula is C19H29NO4. The minimum Gasteiger partial charge on any atom is -0.478 e. The zero-order valence-electron chi connectivity index (χ0n) is 14.8. The van der Waals surface area contributed by atoms with Crippen molar-refractivity contribution in [1.29, 1.82) is 0 Å². The summed E-state index contributed by atoms with van der Waals surface area (Å²) >= 11 is 0. The first-order chi connectivity index (χ1) is 11.6. The maximum Gasteiger partial charge on any atom is 0.411 e. The van der Waals surface area contributed by atoms with Crippen molar-refractivity contribution in [2.75, 3.05) is 11.9 Å². The van der Waals surface area contributed by atoms with Crippen LogP contribution in [-0.4, -0.2) is 23.8 Å². The normalized spacial score (nSPS) is 10.4. The third-order valence-corrected chi connectivity index (χ3v) is 3.88. The van der Waals surface area contributed by atoms with E-state index in [2.05, 4.69) is 19.2 Å². The average molecular weight is 335 g/mol. The molecule has 0 radical (unpaired) electrons. The summed E-state index contributed by atoms with van der Waals surface area (Å²) in [6.07, 6.45) is 7.26. The van der Waals surface area contributed by atoms with E-state index in [1.807, 2.05) is 6.07 Å². The van der Waals surface area contributed by atoms with Gasteiger partial charge in [0.2, 0.25) is 0 Å². The monoisotopic (exact) mass is 335 g/mol. The molecule has 1 amide bonds. The molecule has 0 aliphatic rings. The summed E-state index contributed by atoms with van der Waals surface area (Å²) in [6.45, 7) is 4.56. The summed E-state index contributed by atoms with van der Waals surface area (Å²) < 4.78 is 5.09. The number of benzene rings is 1. The average Bonchev–Trinajstić information content (AvgIpc) is 2.55. The first-order valence-corrected chi connectivity index (χ1v) is 8.89. The molecule has 0 saturated carbocycles. The van der Waals surface area contributed by atoms with Crippen LogP contribution in [0.3, 0.4) is 0 Å². The van der Waals surface area contributed by atoms with Gasteiger partial charge in [-0.25, -0.2) is 9.59 Å². The van der Waals surface area contributed by atoms with Crippen LogP contribution in [0.1, 0.15) is 74.7 Å². The molecule has 0 fully saturated rings. The van der Waals surface area contributed by atoms with Crippen molar-refractivity contribution in [3.8, 4) is 0 Å². The second kappa shape index (κ2) is 11.5. The number of anilines is 1. The van der Waals surface area contributed by atoms with E-state index in [-0.39, 0.29) is 5.56 Å². The first-order valence-electron chi connectivity index (χ1n) is 8.89. The van der Waals surface area contributed by atoms with Gasteiger partial charge in [0, 0.05) is 0 Å². The molecule has 5 heteroatoms. The van der Waals surface area contributed by atoms with E-state index in [9.17, 15) is 14.7 Å². The Morgan fingerprint density at radius 2 is 1.75 bits per heavy atom. The molecular weight excluding hydrogens is 306 g/mol. The van der Waals surface area contributed by atoms with E-state index < -0.39 is 12.1 Å². The zero-order valence-corrected chi connectivity index (χ0v) is 14.8. The lowest BCUT2D eigenvalue weighted by molar-refractivity contribution is 0.0697. The highest BCUT2D eigenvalue weighted by molar-refractivity contribution is 6.00. The third-order valence-electron chi connectivity index (χ3n) is 3.88. The van der Waals surface area contributed by atoms with Gasteiger partial charge in [-0.3, -0.25) is 5.32 Å². The van der Waals surface area contributed by atoms with Gasteiger partial charge in [-0.05, 0) is 30.9 Å². The van der Waals surface area contributed by atoms with Crippen LogP contribution < -0.4 is 5.32 Å². The van der Waals surface area contributed by atoms with E-state index in [0.717, 1.165) is 50.5 Å². The molecule has 5 nitrogen and oxygen atoms in total. The Hall–Kier alpha value is -2.04. The fourth-order valence-corrected chi connectivity index (χ4v) is 2.57. The van der Waals surface area contributed by atoms with E-state index in [1.165, 1.54) is 0 Å². The molecule has 0 aliphatic carbocycles. The molecule has 1 aromatic rings. The summed E-state index contributed by atoms with van der Waals surface area (Å²) in [7, 11) is 0. The number of rotatable bonds is 11. The summed E-state index contributed by atoms with van der Waals surface area (Å²) in [4.78, 5) is 23.5. The number of unbranched alkanes of at least 4 members (excludes halogenated alkanes) is 5. The third kappa shape index (κ3) is 7.02. The van der Waals surface area contributed by atoms with Gasteiger partial charge in [-0.15, -0.1) is 0 Å². The number of carboxylic acids is 1. The van der Waals surface area contributed by atoms with Crippen LogP contribution >= 0.6 is 0 Å². The van der Waals surface area contributed by atoms with Gasteiger partial charge in [0.1, 0.15) is 0 Å². The number of aromatic carboxylic acids is 1. The Labute approximate surface area is 144 Å². The fourth-order valence-electron chi connectivity index (χ4n) is 2.57. The van der Waals surface area contributed by atoms with Gasteiger partial charge in [0.15, 0.2) is 0 Å². The highest BCUT2D eigenvalue weighted by Gasteiger charge is 2.17. The van der Waals surface area contributed by atoms with Crippen LogP contribution in [-0.2, 0) is 11.2 Å². The molecule has 24 heavy (non-hydrogen) atoms. The van der Waals surface area contributed by atoms with Crippen molar-refractivity contribution < 1.29 is 19.4 Å². The van der Waals surface area contributed by atoms with E-state index in [1.54, 1.807) is 12.1 Å². The van der Waals surface area contributed by atoms with Gasteiger partial charge < -0.3 is 9.84 Å². The minimum absolute atomic E-state index is 0.166. The molecule has 0 aromatic heterocycles. The molecule has 1 aromatic carbocycles. The van der Waals surface area contributed by atoms with Crippen LogP contribution in [0.2, 0.25) is 0 Å². The number of ether oxygens (including phenoxy) is 1. The Kier molecular flexibility index (Phi) is 9.58. The highest BCUT2D eigenvalue weighted by atomic mass is 16.5. The van der Waals surface area contributed by atoms with Crippen LogP contribution in [0.15, 0.2) is 18.2 Å². The summed E-state index contributed by atoms with van der Waals surface area (Å²) in [5.41, 5.74) is 1.22. The van der Waals surface area contributed by atoms with Crippen molar-refractivity contribution in [2.24, 2.45) is 0 Å². The summed E-state index contributed by atoms with van der Waals surface area (Å²) in [6, 6.07) is 5.19. The highest BCUT2D eigenvalue weighted by Crippen LogP contribution is 2.22. The Bertz CT molecular complexity index is 528.